The molecule has 0 saturated carbocycles. The Morgan fingerprint density at radius 2 is 2.18 bits per heavy atom. The second-order valence-electron chi connectivity index (χ2n) is 4.67. The third-order valence-electron chi connectivity index (χ3n) is 3.10. The Morgan fingerprint density at radius 1 is 1.41 bits per heavy atom. The van der Waals surface area contributed by atoms with Crippen LogP contribution in [0.25, 0.3) is 0 Å². The molecule has 0 radical (unpaired) electrons. The first kappa shape index (κ1) is 12.2. The molecule has 0 aliphatic carbocycles. The zero-order valence-corrected chi connectivity index (χ0v) is 10.8. The Hall–Kier alpha value is -1.23. The number of rotatable bonds is 2. The van der Waals surface area contributed by atoms with Gasteiger partial charge in [-0.15, -0.1) is 0 Å². The summed E-state index contributed by atoms with van der Waals surface area (Å²) in [5.74, 6) is 0.558. The van der Waals surface area contributed by atoms with E-state index in [1.54, 1.807) is 0 Å². The molecule has 94 valence electrons. The fourth-order valence-corrected chi connectivity index (χ4v) is 3.77. The van der Waals surface area contributed by atoms with Gasteiger partial charge in [0, 0.05) is 17.4 Å². The van der Waals surface area contributed by atoms with E-state index in [-0.39, 0.29) is 11.8 Å². The van der Waals surface area contributed by atoms with E-state index < -0.39 is 9.84 Å². The summed E-state index contributed by atoms with van der Waals surface area (Å²) in [7, 11) is -2.86. The van der Waals surface area contributed by atoms with Crippen LogP contribution in [0.1, 0.15) is 18.4 Å². The fraction of sp³-hybridized carbons (Fsp3) is 0.500. The summed E-state index contributed by atoms with van der Waals surface area (Å²) in [6, 6.07) is 5.71. The second-order valence-corrected chi connectivity index (χ2v) is 6.90. The van der Waals surface area contributed by atoms with E-state index in [2.05, 4.69) is 5.32 Å². The molecule has 1 saturated heterocycles. The molecule has 1 atom stereocenters. The molecule has 1 unspecified atom stereocenters. The van der Waals surface area contributed by atoms with Crippen molar-refractivity contribution in [2.45, 2.75) is 25.8 Å². The van der Waals surface area contributed by atoms with Crippen LogP contribution in [-0.2, 0) is 9.84 Å². The average Bonchev–Trinajstić information content (AvgIpc) is 2.22. The van der Waals surface area contributed by atoms with Gasteiger partial charge in [-0.2, -0.15) is 0 Å². The Balaban J connectivity index is 2.08. The lowest BCUT2D eigenvalue weighted by Gasteiger charge is -2.24. The van der Waals surface area contributed by atoms with Crippen LogP contribution in [0.4, 0.5) is 11.4 Å². The van der Waals surface area contributed by atoms with Crippen LogP contribution in [0.5, 0.6) is 0 Å². The lowest BCUT2D eigenvalue weighted by atomic mass is 10.1. The van der Waals surface area contributed by atoms with E-state index >= 15 is 0 Å². The number of nitrogens with two attached hydrogens (primary N) is 1. The van der Waals surface area contributed by atoms with Gasteiger partial charge in [0.05, 0.1) is 11.5 Å². The van der Waals surface area contributed by atoms with Crippen LogP contribution in [0, 0.1) is 6.92 Å². The molecule has 1 heterocycles. The summed E-state index contributed by atoms with van der Waals surface area (Å²) >= 11 is 0. The summed E-state index contributed by atoms with van der Waals surface area (Å²) in [4.78, 5) is 0. The molecule has 1 aromatic rings. The van der Waals surface area contributed by atoms with Crippen molar-refractivity contribution < 1.29 is 8.42 Å². The highest BCUT2D eigenvalue weighted by Gasteiger charge is 2.24. The smallest absolute Gasteiger partial charge is 0.152 e. The molecule has 3 N–H and O–H groups in total. The Morgan fingerprint density at radius 3 is 2.82 bits per heavy atom. The summed E-state index contributed by atoms with van der Waals surface area (Å²) in [5.41, 5.74) is 8.45. The fourth-order valence-electron chi connectivity index (χ4n) is 2.14. The normalized spacial score (nSPS) is 23.2. The highest BCUT2D eigenvalue weighted by Crippen LogP contribution is 2.20. The quantitative estimate of drug-likeness (QED) is 0.786. The third-order valence-corrected chi connectivity index (χ3v) is 4.92. The van der Waals surface area contributed by atoms with Crippen molar-refractivity contribution in [3.05, 3.63) is 23.8 Å². The van der Waals surface area contributed by atoms with Crippen molar-refractivity contribution in [1.82, 2.24) is 0 Å². The first-order valence-corrected chi connectivity index (χ1v) is 7.61. The molecule has 0 spiro atoms. The van der Waals surface area contributed by atoms with Crippen molar-refractivity contribution in [3.63, 3.8) is 0 Å². The van der Waals surface area contributed by atoms with Gasteiger partial charge in [0.1, 0.15) is 0 Å². The van der Waals surface area contributed by atoms with Crippen LogP contribution in [0.15, 0.2) is 18.2 Å². The van der Waals surface area contributed by atoms with Crippen molar-refractivity contribution in [3.8, 4) is 0 Å². The summed E-state index contributed by atoms with van der Waals surface area (Å²) in [5, 5.41) is 3.27. The van der Waals surface area contributed by atoms with Gasteiger partial charge < -0.3 is 11.1 Å². The third kappa shape index (κ3) is 3.12. The van der Waals surface area contributed by atoms with Gasteiger partial charge in [0.25, 0.3) is 0 Å². The minimum absolute atomic E-state index is 0.0248. The molecule has 0 aromatic heterocycles. The van der Waals surface area contributed by atoms with Gasteiger partial charge in [-0.3, -0.25) is 0 Å². The van der Waals surface area contributed by atoms with E-state index in [1.165, 1.54) is 0 Å². The predicted octanol–water partition coefficient (Wildman–Crippen LogP) is 1.57. The molecule has 1 aliphatic heterocycles. The second kappa shape index (κ2) is 4.56. The van der Waals surface area contributed by atoms with E-state index in [1.807, 2.05) is 25.1 Å². The number of aryl methyl sites for hydroxylation is 1. The number of nitrogens with one attached hydrogen (secondary N) is 1. The standard InChI is InChI=1S/C12H18N2O2S/c1-9-7-10(4-5-12(9)13)14-11-3-2-6-17(15,16)8-11/h4-5,7,11,14H,2-3,6,8,13H2,1H3. The molecule has 5 heteroatoms. The van der Waals surface area contributed by atoms with Gasteiger partial charge in [-0.05, 0) is 43.5 Å². The molecule has 0 bridgehead atoms. The highest BCUT2D eigenvalue weighted by molar-refractivity contribution is 7.91. The van der Waals surface area contributed by atoms with Crippen molar-refractivity contribution in [2.75, 3.05) is 22.6 Å². The van der Waals surface area contributed by atoms with Crippen LogP contribution < -0.4 is 11.1 Å². The Labute approximate surface area is 102 Å². The first-order chi connectivity index (χ1) is 7.96. The zero-order valence-electron chi connectivity index (χ0n) is 9.94. The maximum absolute atomic E-state index is 11.5. The topological polar surface area (TPSA) is 72.2 Å². The predicted molar refractivity (Wildman–Crippen MR) is 70.9 cm³/mol. The van der Waals surface area contributed by atoms with E-state index in [4.69, 9.17) is 5.73 Å². The monoisotopic (exact) mass is 254 g/mol. The van der Waals surface area contributed by atoms with Gasteiger partial charge in [-0.25, -0.2) is 8.42 Å². The molecule has 4 nitrogen and oxygen atoms in total. The van der Waals surface area contributed by atoms with Gasteiger partial charge in [-0.1, -0.05) is 0 Å². The van der Waals surface area contributed by atoms with Crippen molar-refractivity contribution in [2.24, 2.45) is 0 Å². The Kier molecular flexibility index (Phi) is 3.28. The van der Waals surface area contributed by atoms with Crippen LogP contribution in [-0.4, -0.2) is 26.0 Å². The van der Waals surface area contributed by atoms with Crippen molar-refractivity contribution >= 4 is 21.2 Å². The van der Waals surface area contributed by atoms with E-state index in [0.717, 1.165) is 29.8 Å². The molecular formula is C12H18N2O2S. The van der Waals surface area contributed by atoms with Crippen LogP contribution >= 0.6 is 0 Å². The minimum atomic E-state index is -2.86. The maximum atomic E-state index is 11.5. The summed E-state index contributed by atoms with van der Waals surface area (Å²) in [6.07, 6.45) is 1.65. The molecule has 1 fully saturated rings. The molecule has 17 heavy (non-hydrogen) atoms. The molecule has 1 aliphatic rings. The van der Waals surface area contributed by atoms with Crippen LogP contribution in [0.2, 0.25) is 0 Å². The molecule has 0 amide bonds. The number of hydrogen-bond donors (Lipinski definition) is 2. The molecule has 2 rings (SSSR count). The largest absolute Gasteiger partial charge is 0.399 e. The van der Waals surface area contributed by atoms with Gasteiger partial charge in [0.15, 0.2) is 9.84 Å². The Bertz CT molecular complexity index is 511. The van der Waals surface area contributed by atoms with E-state index in [9.17, 15) is 8.42 Å². The number of sulfone groups is 1. The van der Waals surface area contributed by atoms with Gasteiger partial charge >= 0.3 is 0 Å². The number of hydrogen-bond acceptors (Lipinski definition) is 4. The number of nitrogen functional groups attached to an aromatic ring is 1. The summed E-state index contributed by atoms with van der Waals surface area (Å²) in [6.45, 7) is 1.94. The maximum Gasteiger partial charge on any atom is 0.152 e. The number of benzene rings is 1. The average molecular weight is 254 g/mol. The lowest BCUT2D eigenvalue weighted by Crippen LogP contribution is -2.34. The number of anilines is 2. The minimum Gasteiger partial charge on any atom is -0.399 e. The van der Waals surface area contributed by atoms with Gasteiger partial charge in [0.2, 0.25) is 0 Å². The van der Waals surface area contributed by atoms with Crippen molar-refractivity contribution in [1.29, 1.82) is 0 Å². The summed E-state index contributed by atoms with van der Waals surface area (Å²) < 4.78 is 23.0. The lowest BCUT2D eigenvalue weighted by molar-refractivity contribution is 0.562. The zero-order chi connectivity index (χ0) is 12.5. The first-order valence-electron chi connectivity index (χ1n) is 5.79. The molecular weight excluding hydrogens is 236 g/mol. The SMILES string of the molecule is Cc1cc(NC2CCCS(=O)(=O)C2)ccc1N. The molecule has 1 aromatic carbocycles. The van der Waals surface area contributed by atoms with E-state index in [0.29, 0.717) is 5.75 Å². The highest BCUT2D eigenvalue weighted by atomic mass is 32.2. The van der Waals surface area contributed by atoms with Crippen LogP contribution in [0.3, 0.4) is 0 Å².